The van der Waals surface area contributed by atoms with E-state index in [1.807, 2.05) is 0 Å². The molecule has 0 atom stereocenters. The van der Waals surface area contributed by atoms with E-state index in [1.54, 1.807) is 0 Å². The molecule has 0 spiro atoms. The number of ether oxygens (including phenoxy) is 2. The normalized spacial score (nSPS) is 16.9. The van der Waals surface area contributed by atoms with Crippen molar-refractivity contribution in [2.45, 2.75) is 0 Å². The Labute approximate surface area is 98.7 Å². The molecule has 0 amide bonds. The molecule has 2 heterocycles. The summed E-state index contributed by atoms with van der Waals surface area (Å²) in [6.07, 6.45) is 0. The van der Waals surface area contributed by atoms with Crippen LogP contribution in [0.1, 0.15) is 10.6 Å². The van der Waals surface area contributed by atoms with E-state index in [9.17, 15) is 4.79 Å². The number of furan rings is 1. The first-order chi connectivity index (χ1) is 8.25. The molecule has 1 aromatic heterocycles. The number of nitrogens with zero attached hydrogens (tertiary/aromatic N) is 1. The van der Waals surface area contributed by atoms with Gasteiger partial charge in [-0.3, -0.25) is 4.90 Å². The lowest BCUT2D eigenvalue weighted by Gasteiger charge is -2.25. The van der Waals surface area contributed by atoms with Crippen molar-refractivity contribution in [3.63, 3.8) is 0 Å². The summed E-state index contributed by atoms with van der Waals surface area (Å²) < 4.78 is 15.0. The molecule has 0 saturated carbocycles. The zero-order valence-corrected chi connectivity index (χ0v) is 9.42. The number of esters is 1. The van der Waals surface area contributed by atoms with Crippen LogP contribution in [-0.2, 0) is 9.47 Å². The van der Waals surface area contributed by atoms with Gasteiger partial charge in [0.1, 0.15) is 6.61 Å². The summed E-state index contributed by atoms with van der Waals surface area (Å²) >= 11 is 0. The smallest absolute Gasteiger partial charge is 0.374 e. The van der Waals surface area contributed by atoms with Crippen molar-refractivity contribution in [3.05, 3.63) is 17.9 Å². The summed E-state index contributed by atoms with van der Waals surface area (Å²) in [6.45, 7) is 4.15. The lowest BCUT2D eigenvalue weighted by molar-refractivity contribution is 0.0180. The topological polar surface area (TPSA) is 72.1 Å². The van der Waals surface area contributed by atoms with Crippen molar-refractivity contribution in [2.75, 3.05) is 39.5 Å². The largest absolute Gasteiger partial charge is 0.481 e. The Morgan fingerprint density at radius 3 is 2.82 bits per heavy atom. The number of morpholine rings is 1. The Bertz CT molecular complexity index is 370. The maximum Gasteiger partial charge on any atom is 0.374 e. The standard InChI is InChI=1S/C11H15NO5/c13-10-2-1-9(17-10)11(14)16-8-5-12-3-6-15-7-4-12/h1-2,13H,3-8H2. The number of aromatic hydroxyl groups is 1. The molecule has 17 heavy (non-hydrogen) atoms. The zero-order valence-electron chi connectivity index (χ0n) is 9.42. The van der Waals surface area contributed by atoms with Crippen LogP contribution in [0.15, 0.2) is 16.5 Å². The fourth-order valence-electron chi connectivity index (χ4n) is 1.60. The SMILES string of the molecule is O=C(OCCN1CCOCC1)c1ccc(O)o1. The fraction of sp³-hybridized carbons (Fsp3) is 0.545. The Morgan fingerprint density at radius 1 is 1.41 bits per heavy atom. The van der Waals surface area contributed by atoms with Gasteiger partial charge in [-0.2, -0.15) is 0 Å². The average molecular weight is 241 g/mol. The van der Waals surface area contributed by atoms with E-state index >= 15 is 0 Å². The van der Waals surface area contributed by atoms with Crippen LogP contribution in [0.2, 0.25) is 0 Å². The highest BCUT2D eigenvalue weighted by Crippen LogP contribution is 2.14. The van der Waals surface area contributed by atoms with E-state index in [1.165, 1.54) is 12.1 Å². The van der Waals surface area contributed by atoms with Crippen LogP contribution < -0.4 is 0 Å². The Morgan fingerprint density at radius 2 is 2.18 bits per heavy atom. The van der Waals surface area contributed by atoms with Gasteiger partial charge in [0, 0.05) is 25.7 Å². The number of hydrogen-bond acceptors (Lipinski definition) is 6. The first-order valence-corrected chi connectivity index (χ1v) is 5.52. The van der Waals surface area contributed by atoms with Gasteiger partial charge in [0.25, 0.3) is 5.95 Å². The van der Waals surface area contributed by atoms with Gasteiger partial charge < -0.3 is 19.0 Å². The Kier molecular flexibility index (Phi) is 4.00. The highest BCUT2D eigenvalue weighted by atomic mass is 16.6. The zero-order chi connectivity index (χ0) is 12.1. The fourth-order valence-corrected chi connectivity index (χ4v) is 1.60. The molecule has 1 saturated heterocycles. The summed E-state index contributed by atoms with van der Waals surface area (Å²) in [7, 11) is 0. The summed E-state index contributed by atoms with van der Waals surface area (Å²) in [5.74, 6) is -0.826. The Balaban J connectivity index is 1.69. The molecule has 94 valence electrons. The van der Waals surface area contributed by atoms with Gasteiger partial charge in [0.15, 0.2) is 0 Å². The van der Waals surface area contributed by atoms with E-state index in [-0.39, 0.29) is 11.7 Å². The third kappa shape index (κ3) is 3.47. The van der Waals surface area contributed by atoms with Gasteiger partial charge in [0.05, 0.1) is 13.2 Å². The van der Waals surface area contributed by atoms with Crippen molar-refractivity contribution in [3.8, 4) is 5.95 Å². The molecular weight excluding hydrogens is 226 g/mol. The number of hydrogen-bond donors (Lipinski definition) is 1. The Hall–Kier alpha value is -1.53. The molecule has 0 aliphatic carbocycles. The molecule has 0 aromatic carbocycles. The third-order valence-corrected chi connectivity index (χ3v) is 2.54. The highest BCUT2D eigenvalue weighted by molar-refractivity contribution is 5.86. The molecule has 0 radical (unpaired) electrons. The van der Waals surface area contributed by atoms with Gasteiger partial charge in [-0.1, -0.05) is 0 Å². The first-order valence-electron chi connectivity index (χ1n) is 5.52. The monoisotopic (exact) mass is 241 g/mol. The molecule has 1 aliphatic rings. The quantitative estimate of drug-likeness (QED) is 0.773. The summed E-state index contributed by atoms with van der Waals surface area (Å²) in [6, 6.07) is 2.69. The molecule has 1 aliphatic heterocycles. The van der Waals surface area contributed by atoms with Crippen LogP contribution in [0.25, 0.3) is 0 Å². The van der Waals surface area contributed by atoms with Crippen LogP contribution in [-0.4, -0.2) is 55.4 Å². The second-order valence-electron chi connectivity index (χ2n) is 3.73. The van der Waals surface area contributed by atoms with Gasteiger partial charge in [0.2, 0.25) is 5.76 Å². The minimum Gasteiger partial charge on any atom is -0.481 e. The maximum absolute atomic E-state index is 11.4. The van der Waals surface area contributed by atoms with E-state index in [4.69, 9.17) is 19.0 Å². The van der Waals surface area contributed by atoms with Crippen LogP contribution in [0.5, 0.6) is 5.95 Å². The van der Waals surface area contributed by atoms with Crippen LogP contribution in [0.4, 0.5) is 0 Å². The summed E-state index contributed by atoms with van der Waals surface area (Å²) in [5.41, 5.74) is 0. The third-order valence-electron chi connectivity index (χ3n) is 2.54. The van der Waals surface area contributed by atoms with Crippen molar-refractivity contribution < 1.29 is 23.8 Å². The van der Waals surface area contributed by atoms with Gasteiger partial charge in [-0.15, -0.1) is 0 Å². The van der Waals surface area contributed by atoms with Crippen LogP contribution in [0, 0.1) is 0 Å². The van der Waals surface area contributed by atoms with Crippen molar-refractivity contribution in [1.82, 2.24) is 4.90 Å². The predicted octanol–water partition coefficient (Wildman–Crippen LogP) is 0.474. The number of carbonyl (C=O) groups excluding carboxylic acids is 1. The van der Waals surface area contributed by atoms with Crippen molar-refractivity contribution in [2.24, 2.45) is 0 Å². The summed E-state index contributed by atoms with van der Waals surface area (Å²) in [5, 5.41) is 8.93. The molecule has 2 rings (SSSR count). The minimum absolute atomic E-state index is 0.0180. The summed E-state index contributed by atoms with van der Waals surface area (Å²) in [4.78, 5) is 13.6. The first kappa shape index (κ1) is 11.9. The molecule has 0 unspecified atom stereocenters. The van der Waals surface area contributed by atoms with Crippen molar-refractivity contribution >= 4 is 5.97 Å². The molecule has 6 heteroatoms. The van der Waals surface area contributed by atoms with Gasteiger partial charge >= 0.3 is 5.97 Å². The second-order valence-corrected chi connectivity index (χ2v) is 3.73. The lowest BCUT2D eigenvalue weighted by Crippen LogP contribution is -2.38. The molecule has 1 aromatic rings. The van der Waals surface area contributed by atoms with E-state index in [2.05, 4.69) is 4.90 Å². The number of rotatable bonds is 4. The second kappa shape index (κ2) is 5.70. The van der Waals surface area contributed by atoms with Crippen molar-refractivity contribution in [1.29, 1.82) is 0 Å². The van der Waals surface area contributed by atoms with E-state index < -0.39 is 5.97 Å². The molecule has 1 N–H and O–H groups in total. The molecule has 0 bridgehead atoms. The van der Waals surface area contributed by atoms with Crippen LogP contribution in [0.3, 0.4) is 0 Å². The predicted molar refractivity (Wildman–Crippen MR) is 57.9 cm³/mol. The number of carbonyl (C=O) groups is 1. The van der Waals surface area contributed by atoms with E-state index in [0.29, 0.717) is 13.2 Å². The molecule has 1 fully saturated rings. The van der Waals surface area contributed by atoms with Gasteiger partial charge in [-0.05, 0) is 6.07 Å². The molecular formula is C11H15NO5. The average Bonchev–Trinajstić information content (AvgIpc) is 2.77. The van der Waals surface area contributed by atoms with E-state index in [0.717, 1.165) is 26.3 Å². The maximum atomic E-state index is 11.4. The highest BCUT2D eigenvalue weighted by Gasteiger charge is 2.14. The molecule has 6 nitrogen and oxygen atoms in total. The minimum atomic E-state index is -0.557. The van der Waals surface area contributed by atoms with Gasteiger partial charge in [-0.25, -0.2) is 4.79 Å². The lowest BCUT2D eigenvalue weighted by atomic mass is 10.4. The van der Waals surface area contributed by atoms with Crippen LogP contribution >= 0.6 is 0 Å².